The second-order valence-corrected chi connectivity index (χ2v) is 8.42. The standard InChI is InChI=1S/C25H39N/c1-2-3-4-5-6-7-8-9-10-11-12-22-13-17-24(18-14-22)25-19-15-23(21-26)16-20-25/h15-16,19-20,22,24H,2-14,17-18H2,1H3. The van der Waals surface area contributed by atoms with Gasteiger partial charge in [0.05, 0.1) is 11.6 Å². The van der Waals surface area contributed by atoms with Crippen LogP contribution in [0.2, 0.25) is 0 Å². The monoisotopic (exact) mass is 353 g/mol. The molecule has 26 heavy (non-hydrogen) atoms. The first kappa shape index (κ1) is 21.0. The van der Waals surface area contributed by atoms with Crippen molar-refractivity contribution >= 4 is 0 Å². The van der Waals surface area contributed by atoms with E-state index in [0.29, 0.717) is 0 Å². The summed E-state index contributed by atoms with van der Waals surface area (Å²) in [6.07, 6.45) is 21.3. The van der Waals surface area contributed by atoms with Crippen LogP contribution in [-0.2, 0) is 0 Å². The molecule has 1 aliphatic carbocycles. The van der Waals surface area contributed by atoms with E-state index in [1.807, 2.05) is 12.1 Å². The fourth-order valence-electron chi connectivity index (χ4n) is 4.53. The minimum atomic E-state index is 0.728. The van der Waals surface area contributed by atoms with E-state index in [4.69, 9.17) is 5.26 Å². The molecule has 1 fully saturated rings. The summed E-state index contributed by atoms with van der Waals surface area (Å²) in [4.78, 5) is 0. The maximum Gasteiger partial charge on any atom is 0.0991 e. The molecule has 1 aliphatic rings. The molecule has 0 atom stereocenters. The third-order valence-electron chi connectivity index (χ3n) is 6.32. The molecule has 0 spiro atoms. The molecule has 0 aliphatic heterocycles. The molecule has 0 N–H and O–H groups in total. The number of benzene rings is 1. The van der Waals surface area contributed by atoms with Crippen molar-refractivity contribution in [3.63, 3.8) is 0 Å². The van der Waals surface area contributed by atoms with Crippen LogP contribution < -0.4 is 0 Å². The molecular formula is C25H39N. The largest absolute Gasteiger partial charge is 0.192 e. The van der Waals surface area contributed by atoms with E-state index >= 15 is 0 Å². The fourth-order valence-corrected chi connectivity index (χ4v) is 4.53. The number of nitriles is 1. The van der Waals surface area contributed by atoms with E-state index in [1.165, 1.54) is 102 Å². The Bertz CT molecular complexity index is 502. The van der Waals surface area contributed by atoms with E-state index in [1.54, 1.807) is 0 Å². The number of nitrogens with zero attached hydrogens (tertiary/aromatic N) is 1. The van der Waals surface area contributed by atoms with Gasteiger partial charge in [0, 0.05) is 0 Å². The zero-order chi connectivity index (χ0) is 18.5. The lowest BCUT2D eigenvalue weighted by Crippen LogP contribution is -2.13. The molecule has 0 amide bonds. The lowest BCUT2D eigenvalue weighted by atomic mass is 9.77. The third kappa shape index (κ3) is 7.94. The molecule has 1 aromatic carbocycles. The van der Waals surface area contributed by atoms with Crippen molar-refractivity contribution in [1.29, 1.82) is 5.26 Å². The fraction of sp³-hybridized carbons (Fsp3) is 0.720. The Morgan fingerprint density at radius 2 is 1.31 bits per heavy atom. The molecule has 144 valence electrons. The average molecular weight is 354 g/mol. The van der Waals surface area contributed by atoms with E-state index < -0.39 is 0 Å². The van der Waals surface area contributed by atoms with Gasteiger partial charge in [-0.2, -0.15) is 5.26 Å². The Morgan fingerprint density at radius 3 is 1.85 bits per heavy atom. The predicted octanol–water partition coefficient (Wildman–Crippen LogP) is 8.14. The van der Waals surface area contributed by atoms with Crippen molar-refractivity contribution in [3.05, 3.63) is 35.4 Å². The highest BCUT2D eigenvalue weighted by molar-refractivity contribution is 5.33. The highest BCUT2D eigenvalue weighted by Crippen LogP contribution is 2.37. The van der Waals surface area contributed by atoms with E-state index in [-0.39, 0.29) is 0 Å². The van der Waals surface area contributed by atoms with Gasteiger partial charge in [0.2, 0.25) is 0 Å². The van der Waals surface area contributed by atoms with Gasteiger partial charge in [-0.25, -0.2) is 0 Å². The molecule has 0 radical (unpaired) electrons. The van der Waals surface area contributed by atoms with E-state index in [0.717, 1.165) is 17.4 Å². The number of rotatable bonds is 12. The van der Waals surface area contributed by atoms with Crippen LogP contribution in [0.5, 0.6) is 0 Å². The third-order valence-corrected chi connectivity index (χ3v) is 6.32. The smallest absolute Gasteiger partial charge is 0.0991 e. The van der Waals surface area contributed by atoms with Crippen molar-refractivity contribution in [2.75, 3.05) is 0 Å². The maximum atomic E-state index is 8.92. The Morgan fingerprint density at radius 1 is 0.769 bits per heavy atom. The maximum absolute atomic E-state index is 8.92. The summed E-state index contributed by atoms with van der Waals surface area (Å²) in [7, 11) is 0. The summed E-state index contributed by atoms with van der Waals surface area (Å²) in [6.45, 7) is 2.29. The topological polar surface area (TPSA) is 23.8 Å². The molecule has 1 heteroatoms. The van der Waals surface area contributed by atoms with Gasteiger partial charge in [-0.1, -0.05) is 89.7 Å². The molecule has 1 aromatic rings. The van der Waals surface area contributed by atoms with Gasteiger partial charge in [-0.05, 0) is 55.2 Å². The summed E-state index contributed by atoms with van der Waals surface area (Å²) < 4.78 is 0. The molecule has 0 saturated heterocycles. The summed E-state index contributed by atoms with van der Waals surface area (Å²) in [5.74, 6) is 1.70. The molecule has 1 nitrogen and oxygen atoms in total. The zero-order valence-corrected chi connectivity index (χ0v) is 17.0. The first-order valence-electron chi connectivity index (χ1n) is 11.3. The molecule has 2 rings (SSSR count). The van der Waals surface area contributed by atoms with Gasteiger partial charge in [-0.15, -0.1) is 0 Å². The van der Waals surface area contributed by atoms with Crippen LogP contribution >= 0.6 is 0 Å². The van der Waals surface area contributed by atoms with Gasteiger partial charge >= 0.3 is 0 Å². The van der Waals surface area contributed by atoms with Crippen molar-refractivity contribution in [2.45, 2.75) is 109 Å². The molecule has 0 heterocycles. The van der Waals surface area contributed by atoms with Gasteiger partial charge < -0.3 is 0 Å². The van der Waals surface area contributed by atoms with Crippen LogP contribution in [0, 0.1) is 17.2 Å². The van der Waals surface area contributed by atoms with Crippen molar-refractivity contribution in [2.24, 2.45) is 5.92 Å². The van der Waals surface area contributed by atoms with Crippen LogP contribution in [0.1, 0.15) is 120 Å². The van der Waals surface area contributed by atoms with Crippen molar-refractivity contribution < 1.29 is 0 Å². The van der Waals surface area contributed by atoms with Crippen LogP contribution in [0.25, 0.3) is 0 Å². The van der Waals surface area contributed by atoms with Crippen LogP contribution in [0.15, 0.2) is 24.3 Å². The van der Waals surface area contributed by atoms with E-state index in [2.05, 4.69) is 25.1 Å². The molecule has 0 bridgehead atoms. The Balaban J connectivity index is 1.48. The van der Waals surface area contributed by atoms with Gasteiger partial charge in [0.1, 0.15) is 0 Å². The van der Waals surface area contributed by atoms with Crippen LogP contribution in [0.4, 0.5) is 0 Å². The minimum absolute atomic E-state index is 0.728. The summed E-state index contributed by atoms with van der Waals surface area (Å²) >= 11 is 0. The van der Waals surface area contributed by atoms with Crippen LogP contribution in [-0.4, -0.2) is 0 Å². The Kier molecular flexibility index (Phi) is 10.5. The average Bonchev–Trinajstić information content (AvgIpc) is 2.70. The first-order chi connectivity index (χ1) is 12.8. The molecule has 1 saturated carbocycles. The number of unbranched alkanes of at least 4 members (excludes halogenated alkanes) is 9. The molecule has 0 aromatic heterocycles. The Labute approximate surface area is 162 Å². The molecule has 0 unspecified atom stereocenters. The highest BCUT2D eigenvalue weighted by atomic mass is 14.3. The van der Waals surface area contributed by atoms with Gasteiger partial charge in [0.25, 0.3) is 0 Å². The highest BCUT2D eigenvalue weighted by Gasteiger charge is 2.21. The van der Waals surface area contributed by atoms with Crippen LogP contribution in [0.3, 0.4) is 0 Å². The lowest BCUT2D eigenvalue weighted by Gasteiger charge is -2.29. The molecular weight excluding hydrogens is 314 g/mol. The minimum Gasteiger partial charge on any atom is -0.192 e. The summed E-state index contributed by atoms with van der Waals surface area (Å²) in [6, 6.07) is 10.5. The first-order valence-corrected chi connectivity index (χ1v) is 11.3. The Hall–Kier alpha value is -1.29. The van der Waals surface area contributed by atoms with Gasteiger partial charge in [0.15, 0.2) is 0 Å². The lowest BCUT2D eigenvalue weighted by molar-refractivity contribution is 0.301. The second-order valence-electron chi connectivity index (χ2n) is 8.42. The number of hydrogen-bond acceptors (Lipinski definition) is 1. The normalized spacial score (nSPS) is 20.0. The summed E-state index contributed by atoms with van der Waals surface area (Å²) in [5, 5.41) is 8.92. The second kappa shape index (κ2) is 13.0. The predicted molar refractivity (Wildman–Crippen MR) is 112 cm³/mol. The number of hydrogen-bond donors (Lipinski definition) is 0. The van der Waals surface area contributed by atoms with E-state index in [9.17, 15) is 0 Å². The SMILES string of the molecule is CCCCCCCCCCCCC1CCC(c2ccc(C#N)cc2)CC1. The van der Waals surface area contributed by atoms with Crippen molar-refractivity contribution in [3.8, 4) is 6.07 Å². The summed E-state index contributed by atoms with van der Waals surface area (Å²) in [5.41, 5.74) is 2.23. The quantitative estimate of drug-likeness (QED) is 0.348. The van der Waals surface area contributed by atoms with Crippen molar-refractivity contribution in [1.82, 2.24) is 0 Å². The zero-order valence-electron chi connectivity index (χ0n) is 17.0. The van der Waals surface area contributed by atoms with Gasteiger partial charge in [-0.3, -0.25) is 0 Å².